The van der Waals surface area contributed by atoms with Gasteiger partial charge in [-0.3, -0.25) is 0 Å². The number of hydrogen-bond acceptors (Lipinski definition) is 3. The van der Waals surface area contributed by atoms with Crippen molar-refractivity contribution in [2.24, 2.45) is 5.41 Å². The first-order valence-electron chi connectivity index (χ1n) is 5.53. The lowest BCUT2D eigenvalue weighted by Crippen LogP contribution is -2.14. The van der Waals surface area contributed by atoms with Crippen LogP contribution < -0.4 is 4.74 Å². The number of rotatable bonds is 5. The molecule has 0 aliphatic carbocycles. The second-order valence-electron chi connectivity index (χ2n) is 4.67. The summed E-state index contributed by atoms with van der Waals surface area (Å²) in [6.45, 7) is 3.31. The zero-order chi connectivity index (χ0) is 14.6. The monoisotopic (exact) mass is 269 g/mol. The molecule has 1 rings (SSSR count). The van der Waals surface area contributed by atoms with Crippen LogP contribution in [0.1, 0.15) is 30.6 Å². The highest BCUT2D eigenvalue weighted by Crippen LogP contribution is 2.25. The summed E-state index contributed by atoms with van der Waals surface area (Å²) < 4.78 is 31.9. The van der Waals surface area contributed by atoms with Crippen molar-refractivity contribution in [3.05, 3.63) is 29.3 Å². The smallest absolute Gasteiger partial charge is 0.335 e. The number of aromatic carboxylic acids is 1. The van der Waals surface area contributed by atoms with Gasteiger partial charge in [-0.05, 0) is 32.4 Å². The average Bonchev–Trinajstić information content (AvgIpc) is 2.32. The van der Waals surface area contributed by atoms with Gasteiger partial charge in [0.15, 0.2) is 17.4 Å². The Bertz CT molecular complexity index is 512. The van der Waals surface area contributed by atoms with Gasteiger partial charge in [-0.25, -0.2) is 13.6 Å². The van der Waals surface area contributed by atoms with Gasteiger partial charge in [0, 0.05) is 0 Å². The zero-order valence-corrected chi connectivity index (χ0v) is 10.5. The molecule has 6 heteroatoms. The summed E-state index contributed by atoms with van der Waals surface area (Å²) >= 11 is 0. The molecule has 0 aromatic heterocycles. The van der Waals surface area contributed by atoms with Crippen LogP contribution in [0.4, 0.5) is 8.78 Å². The van der Waals surface area contributed by atoms with Crippen LogP contribution in [0.2, 0.25) is 0 Å². The molecule has 1 aromatic carbocycles. The highest BCUT2D eigenvalue weighted by Gasteiger charge is 2.19. The van der Waals surface area contributed by atoms with Crippen LogP contribution in [0.3, 0.4) is 0 Å². The number of nitriles is 1. The van der Waals surface area contributed by atoms with Crippen molar-refractivity contribution >= 4 is 5.97 Å². The van der Waals surface area contributed by atoms with E-state index in [2.05, 4.69) is 0 Å². The maximum Gasteiger partial charge on any atom is 0.335 e. The van der Waals surface area contributed by atoms with Gasteiger partial charge in [-0.15, -0.1) is 0 Å². The molecule has 4 nitrogen and oxygen atoms in total. The van der Waals surface area contributed by atoms with E-state index in [4.69, 9.17) is 15.1 Å². The minimum atomic E-state index is -1.42. The van der Waals surface area contributed by atoms with Gasteiger partial charge >= 0.3 is 5.97 Å². The van der Waals surface area contributed by atoms with E-state index >= 15 is 0 Å². The molecule has 0 fully saturated rings. The SMILES string of the molecule is CC(C)(C#N)CCOc1c(F)cc(C(=O)O)cc1F. The van der Waals surface area contributed by atoms with Crippen LogP contribution in [-0.2, 0) is 0 Å². The molecule has 0 aliphatic rings. The summed E-state index contributed by atoms with van der Waals surface area (Å²) in [7, 11) is 0. The van der Waals surface area contributed by atoms with Crippen LogP contribution in [0, 0.1) is 28.4 Å². The number of carboxylic acids is 1. The Morgan fingerprint density at radius 1 is 1.42 bits per heavy atom. The molecule has 0 spiro atoms. The molecule has 0 saturated heterocycles. The first-order chi connectivity index (χ1) is 8.76. The van der Waals surface area contributed by atoms with Crippen molar-refractivity contribution in [1.29, 1.82) is 5.26 Å². The average molecular weight is 269 g/mol. The maximum atomic E-state index is 13.5. The quantitative estimate of drug-likeness (QED) is 0.892. The normalized spacial score (nSPS) is 10.9. The third-order valence-electron chi connectivity index (χ3n) is 2.52. The Balaban J connectivity index is 2.81. The fraction of sp³-hybridized carbons (Fsp3) is 0.385. The molecule has 19 heavy (non-hydrogen) atoms. The second kappa shape index (κ2) is 5.65. The molecule has 0 amide bonds. The van der Waals surface area contributed by atoms with Crippen molar-refractivity contribution in [2.75, 3.05) is 6.61 Å². The fourth-order valence-corrected chi connectivity index (χ4v) is 1.29. The number of hydrogen-bond donors (Lipinski definition) is 1. The van der Waals surface area contributed by atoms with Crippen LogP contribution >= 0.6 is 0 Å². The maximum absolute atomic E-state index is 13.5. The third kappa shape index (κ3) is 3.91. The van der Waals surface area contributed by atoms with Crippen molar-refractivity contribution in [2.45, 2.75) is 20.3 Å². The summed E-state index contributed by atoms with van der Waals surface area (Å²) in [5.74, 6) is -4.20. The number of carboxylic acid groups (broad SMARTS) is 1. The molecule has 0 radical (unpaired) electrons. The van der Waals surface area contributed by atoms with Gasteiger partial charge in [-0.1, -0.05) is 0 Å². The third-order valence-corrected chi connectivity index (χ3v) is 2.52. The van der Waals surface area contributed by atoms with Crippen molar-refractivity contribution in [1.82, 2.24) is 0 Å². The number of benzene rings is 1. The molecule has 0 bridgehead atoms. The lowest BCUT2D eigenvalue weighted by molar-refractivity contribution is 0.0695. The first kappa shape index (κ1) is 14.9. The Morgan fingerprint density at radius 2 is 1.95 bits per heavy atom. The largest absolute Gasteiger partial charge is 0.488 e. The Kier molecular flexibility index (Phi) is 4.43. The summed E-state index contributed by atoms with van der Waals surface area (Å²) in [6.07, 6.45) is 0.295. The van der Waals surface area contributed by atoms with Gasteiger partial charge < -0.3 is 9.84 Å². The molecule has 0 unspecified atom stereocenters. The van der Waals surface area contributed by atoms with Crippen LogP contribution in [0.5, 0.6) is 5.75 Å². The van der Waals surface area contributed by atoms with Crippen molar-refractivity contribution in [3.8, 4) is 11.8 Å². The van der Waals surface area contributed by atoms with Gasteiger partial charge in [0.05, 0.1) is 23.7 Å². The highest BCUT2D eigenvalue weighted by molar-refractivity contribution is 5.87. The van der Waals surface area contributed by atoms with Crippen LogP contribution in [0.25, 0.3) is 0 Å². The predicted molar refractivity (Wildman–Crippen MR) is 62.8 cm³/mol. The lowest BCUT2D eigenvalue weighted by atomic mass is 9.92. The highest BCUT2D eigenvalue weighted by atomic mass is 19.1. The van der Waals surface area contributed by atoms with Crippen molar-refractivity contribution < 1.29 is 23.4 Å². The number of carbonyl (C=O) groups is 1. The predicted octanol–water partition coefficient (Wildman–Crippen LogP) is 2.98. The van der Waals surface area contributed by atoms with E-state index in [0.29, 0.717) is 18.6 Å². The topological polar surface area (TPSA) is 70.3 Å². The van der Waals surface area contributed by atoms with E-state index in [-0.39, 0.29) is 6.61 Å². The van der Waals surface area contributed by atoms with Crippen molar-refractivity contribution in [3.63, 3.8) is 0 Å². The Hall–Kier alpha value is -2.16. The second-order valence-corrected chi connectivity index (χ2v) is 4.67. The Morgan fingerprint density at radius 3 is 2.37 bits per heavy atom. The summed E-state index contributed by atoms with van der Waals surface area (Å²) in [6, 6.07) is 3.42. The van der Waals surface area contributed by atoms with Gasteiger partial charge in [0.1, 0.15) is 0 Å². The molecule has 0 heterocycles. The molecule has 0 saturated carbocycles. The molecule has 102 valence electrons. The molecule has 0 atom stereocenters. The van der Waals surface area contributed by atoms with E-state index in [9.17, 15) is 13.6 Å². The molecule has 1 N–H and O–H groups in total. The Labute approximate surface area is 109 Å². The molecule has 0 aliphatic heterocycles. The van der Waals surface area contributed by atoms with Crippen LogP contribution in [-0.4, -0.2) is 17.7 Å². The number of nitrogens with zero attached hydrogens (tertiary/aromatic N) is 1. The van der Waals surface area contributed by atoms with Gasteiger partial charge in [0.2, 0.25) is 0 Å². The van der Waals surface area contributed by atoms with E-state index in [0.717, 1.165) is 0 Å². The lowest BCUT2D eigenvalue weighted by Gasteiger charge is -2.15. The van der Waals surface area contributed by atoms with E-state index in [1.165, 1.54) is 0 Å². The van der Waals surface area contributed by atoms with E-state index in [1.807, 2.05) is 6.07 Å². The minimum Gasteiger partial charge on any atom is -0.488 e. The molecular formula is C13H13F2NO3. The summed E-state index contributed by atoms with van der Waals surface area (Å²) in [4.78, 5) is 10.6. The minimum absolute atomic E-state index is 0.0409. The summed E-state index contributed by atoms with van der Waals surface area (Å²) in [5, 5.41) is 17.4. The van der Waals surface area contributed by atoms with E-state index < -0.39 is 34.3 Å². The van der Waals surface area contributed by atoms with E-state index in [1.54, 1.807) is 13.8 Å². The molecular weight excluding hydrogens is 256 g/mol. The molecule has 1 aromatic rings. The zero-order valence-electron chi connectivity index (χ0n) is 10.5. The standard InChI is InChI=1S/C13H13F2NO3/c1-13(2,7-16)3-4-19-11-9(14)5-8(12(17)18)6-10(11)15/h5-6H,3-4H2,1-2H3,(H,17,18). The van der Waals surface area contributed by atoms with Crippen LogP contribution in [0.15, 0.2) is 12.1 Å². The van der Waals surface area contributed by atoms with Gasteiger partial charge in [-0.2, -0.15) is 5.26 Å². The van der Waals surface area contributed by atoms with Gasteiger partial charge in [0.25, 0.3) is 0 Å². The number of halogens is 2. The fourth-order valence-electron chi connectivity index (χ4n) is 1.29. The number of ether oxygens (including phenoxy) is 1. The first-order valence-corrected chi connectivity index (χ1v) is 5.53. The summed E-state index contributed by atoms with van der Waals surface area (Å²) in [5.41, 5.74) is -1.15.